The molecule has 4 aliphatic carbocycles. The summed E-state index contributed by atoms with van der Waals surface area (Å²) in [7, 11) is 0. The molecule has 0 bridgehead atoms. The predicted octanol–water partition coefficient (Wildman–Crippen LogP) is 3.89. The molecule has 0 aromatic rings. The standard InChI is InChI=1S/C25H36O6/c1-14(26)30-13-22(29)20-8-7-19-18-6-5-16-11-17(28)9-10-24(16,3)21(18)12-23(25(19,20)4)31-15(2)27/h16,18-21,23H,5-13H2,1-4H3/t16?,18-,19-,20+,21-,23?,24-,25-/m0/s1. The first-order valence-corrected chi connectivity index (χ1v) is 11.9. The zero-order valence-corrected chi connectivity index (χ0v) is 19.3. The minimum atomic E-state index is -0.452. The van der Waals surface area contributed by atoms with E-state index in [1.165, 1.54) is 13.8 Å². The molecule has 2 unspecified atom stereocenters. The maximum atomic E-state index is 13.1. The van der Waals surface area contributed by atoms with Crippen LogP contribution in [0.25, 0.3) is 0 Å². The van der Waals surface area contributed by atoms with Crippen molar-refractivity contribution in [3.8, 4) is 0 Å². The number of hydrogen-bond acceptors (Lipinski definition) is 6. The predicted molar refractivity (Wildman–Crippen MR) is 113 cm³/mol. The lowest BCUT2D eigenvalue weighted by molar-refractivity contribution is -0.192. The van der Waals surface area contributed by atoms with Gasteiger partial charge in [0.2, 0.25) is 0 Å². The number of carbonyl (C=O) groups excluding carboxylic acids is 4. The Morgan fingerprint density at radius 1 is 1.00 bits per heavy atom. The van der Waals surface area contributed by atoms with Gasteiger partial charge in [0, 0.05) is 38.0 Å². The van der Waals surface area contributed by atoms with Gasteiger partial charge < -0.3 is 9.47 Å². The van der Waals surface area contributed by atoms with Crippen molar-refractivity contribution in [1.29, 1.82) is 0 Å². The second-order valence-corrected chi connectivity index (χ2v) is 11.0. The first kappa shape index (κ1) is 22.5. The quantitative estimate of drug-likeness (QED) is 0.627. The van der Waals surface area contributed by atoms with E-state index in [1.54, 1.807) is 0 Å². The summed E-state index contributed by atoms with van der Waals surface area (Å²) in [6, 6.07) is 0. The summed E-state index contributed by atoms with van der Waals surface area (Å²) in [5.74, 6) is 0.915. The Kier molecular flexibility index (Phi) is 5.80. The molecule has 0 amide bonds. The number of fused-ring (bicyclic) bond motifs is 5. The molecule has 0 N–H and O–H groups in total. The summed E-state index contributed by atoms with van der Waals surface area (Å²) in [4.78, 5) is 48.5. The van der Waals surface area contributed by atoms with Crippen LogP contribution in [0.15, 0.2) is 0 Å². The molecule has 0 spiro atoms. The SMILES string of the molecule is CC(=O)OCC(=O)[C@H]1CC[C@H]2[C@@H]3CCC4CC(=O)CC[C@]4(C)[C@H]3CC(OC(C)=O)[C@]12C. The van der Waals surface area contributed by atoms with Crippen molar-refractivity contribution in [1.82, 2.24) is 0 Å². The maximum absolute atomic E-state index is 13.1. The third kappa shape index (κ3) is 3.64. The summed E-state index contributed by atoms with van der Waals surface area (Å²) in [6.45, 7) is 7.04. The van der Waals surface area contributed by atoms with Crippen LogP contribution in [0.5, 0.6) is 0 Å². The number of hydrogen-bond donors (Lipinski definition) is 0. The first-order valence-electron chi connectivity index (χ1n) is 11.9. The molecule has 172 valence electrons. The Labute approximate surface area is 184 Å². The first-order chi connectivity index (χ1) is 14.6. The van der Waals surface area contributed by atoms with Crippen LogP contribution in [-0.4, -0.2) is 36.2 Å². The molecule has 8 atom stereocenters. The number of ketones is 2. The van der Waals surface area contributed by atoms with Gasteiger partial charge in [0.1, 0.15) is 18.5 Å². The average molecular weight is 433 g/mol. The molecule has 31 heavy (non-hydrogen) atoms. The second-order valence-electron chi connectivity index (χ2n) is 11.0. The Bertz CT molecular complexity index is 789. The highest BCUT2D eigenvalue weighted by Gasteiger charge is 2.65. The summed E-state index contributed by atoms with van der Waals surface area (Å²) in [6.07, 6.45) is 6.53. The molecule has 0 saturated heterocycles. The smallest absolute Gasteiger partial charge is 0.303 e. The summed E-state index contributed by atoms with van der Waals surface area (Å²) in [5, 5.41) is 0. The Morgan fingerprint density at radius 2 is 1.74 bits per heavy atom. The Balaban J connectivity index is 1.66. The molecule has 4 fully saturated rings. The molecule has 0 aromatic heterocycles. The highest BCUT2D eigenvalue weighted by Crippen LogP contribution is 2.67. The number of ether oxygens (including phenoxy) is 2. The molecule has 0 heterocycles. The van der Waals surface area contributed by atoms with E-state index >= 15 is 0 Å². The van der Waals surface area contributed by atoms with Gasteiger partial charge in [0.25, 0.3) is 0 Å². The maximum Gasteiger partial charge on any atom is 0.303 e. The molecule has 6 heteroatoms. The molecule has 0 aromatic carbocycles. The lowest BCUT2D eigenvalue weighted by Crippen LogP contribution is -2.59. The lowest BCUT2D eigenvalue weighted by atomic mass is 9.44. The lowest BCUT2D eigenvalue weighted by Gasteiger charge is -2.61. The zero-order chi connectivity index (χ0) is 22.6. The molecular weight excluding hydrogens is 396 g/mol. The van der Waals surface area contributed by atoms with E-state index in [0.717, 1.165) is 38.5 Å². The third-order valence-electron chi connectivity index (χ3n) is 9.67. The van der Waals surface area contributed by atoms with E-state index in [-0.39, 0.29) is 35.8 Å². The molecule has 4 rings (SSSR count). The van der Waals surface area contributed by atoms with Gasteiger partial charge in [-0.2, -0.15) is 0 Å². The number of esters is 2. The van der Waals surface area contributed by atoms with Crippen molar-refractivity contribution in [2.24, 2.45) is 40.4 Å². The highest BCUT2D eigenvalue weighted by atomic mass is 16.5. The van der Waals surface area contributed by atoms with E-state index in [0.29, 0.717) is 42.3 Å². The van der Waals surface area contributed by atoms with Crippen molar-refractivity contribution < 1.29 is 28.7 Å². The van der Waals surface area contributed by atoms with Crippen LogP contribution in [0.1, 0.15) is 79.1 Å². The van der Waals surface area contributed by atoms with Gasteiger partial charge in [-0.05, 0) is 67.6 Å². The van der Waals surface area contributed by atoms with Gasteiger partial charge in [0.05, 0.1) is 0 Å². The van der Waals surface area contributed by atoms with E-state index < -0.39 is 11.4 Å². The highest BCUT2D eigenvalue weighted by molar-refractivity contribution is 5.85. The molecule has 6 nitrogen and oxygen atoms in total. The monoisotopic (exact) mass is 432 g/mol. The van der Waals surface area contributed by atoms with Crippen LogP contribution < -0.4 is 0 Å². The van der Waals surface area contributed by atoms with Crippen LogP contribution in [0.3, 0.4) is 0 Å². The van der Waals surface area contributed by atoms with Crippen LogP contribution in [0.4, 0.5) is 0 Å². The Hall–Kier alpha value is -1.72. The molecule has 4 aliphatic rings. The minimum Gasteiger partial charge on any atom is -0.462 e. The van der Waals surface area contributed by atoms with Gasteiger partial charge in [-0.15, -0.1) is 0 Å². The van der Waals surface area contributed by atoms with Crippen molar-refractivity contribution in [3.63, 3.8) is 0 Å². The van der Waals surface area contributed by atoms with Crippen molar-refractivity contribution in [3.05, 3.63) is 0 Å². The molecule has 0 radical (unpaired) electrons. The van der Waals surface area contributed by atoms with Crippen molar-refractivity contribution >= 4 is 23.5 Å². The Morgan fingerprint density at radius 3 is 2.42 bits per heavy atom. The van der Waals surface area contributed by atoms with Crippen LogP contribution in [0.2, 0.25) is 0 Å². The van der Waals surface area contributed by atoms with E-state index in [9.17, 15) is 19.2 Å². The fraction of sp³-hybridized carbons (Fsp3) is 0.840. The summed E-state index contributed by atoms with van der Waals surface area (Å²) >= 11 is 0. The van der Waals surface area contributed by atoms with Crippen LogP contribution in [-0.2, 0) is 28.7 Å². The summed E-state index contributed by atoms with van der Waals surface area (Å²) < 4.78 is 11.0. The number of Topliss-reactive ketones (excluding diaryl/α,β-unsaturated/α-hetero) is 2. The fourth-order valence-corrected chi connectivity index (χ4v) is 8.16. The van der Waals surface area contributed by atoms with Gasteiger partial charge in [-0.1, -0.05) is 13.8 Å². The average Bonchev–Trinajstić information content (AvgIpc) is 3.05. The van der Waals surface area contributed by atoms with Crippen LogP contribution in [0, 0.1) is 40.4 Å². The largest absolute Gasteiger partial charge is 0.462 e. The van der Waals surface area contributed by atoms with Gasteiger partial charge >= 0.3 is 11.9 Å². The van der Waals surface area contributed by atoms with E-state index in [4.69, 9.17) is 9.47 Å². The molecule has 4 saturated carbocycles. The topological polar surface area (TPSA) is 86.7 Å². The van der Waals surface area contributed by atoms with Crippen LogP contribution >= 0.6 is 0 Å². The van der Waals surface area contributed by atoms with Crippen molar-refractivity contribution in [2.45, 2.75) is 85.2 Å². The normalized spacial score (nSPS) is 43.9. The minimum absolute atomic E-state index is 0.0565. The molecular formula is C25H36O6. The van der Waals surface area contributed by atoms with E-state index in [1.807, 2.05) is 0 Å². The van der Waals surface area contributed by atoms with Crippen molar-refractivity contribution in [2.75, 3.05) is 6.61 Å². The van der Waals surface area contributed by atoms with Gasteiger partial charge in [-0.25, -0.2) is 0 Å². The second kappa shape index (κ2) is 8.00. The third-order valence-corrected chi connectivity index (χ3v) is 9.67. The number of carbonyl (C=O) groups is 4. The fourth-order valence-electron chi connectivity index (χ4n) is 8.16. The van der Waals surface area contributed by atoms with Gasteiger partial charge in [-0.3, -0.25) is 19.2 Å². The molecule has 0 aliphatic heterocycles. The van der Waals surface area contributed by atoms with Gasteiger partial charge in [0.15, 0.2) is 5.78 Å². The zero-order valence-electron chi connectivity index (χ0n) is 19.3. The summed E-state index contributed by atoms with van der Waals surface area (Å²) in [5.41, 5.74) is -0.339. The number of rotatable bonds is 4. The van der Waals surface area contributed by atoms with E-state index in [2.05, 4.69) is 13.8 Å².